The maximum atomic E-state index is 12.4. The highest BCUT2D eigenvalue weighted by molar-refractivity contribution is 6.40. The number of alkyl halides is 2. The minimum atomic E-state index is -1.14. The van der Waals surface area contributed by atoms with Crippen LogP contribution in [-0.2, 0) is 57.2 Å². The summed E-state index contributed by atoms with van der Waals surface area (Å²) in [5.74, 6) is 0. The number of benzene rings is 2. The quantitative estimate of drug-likeness (QED) is 0.0180. The van der Waals surface area contributed by atoms with Crippen molar-refractivity contribution in [2.75, 3.05) is 25.0 Å². The Kier molecular flexibility index (Phi) is 36.6. The summed E-state index contributed by atoms with van der Waals surface area (Å²) in [5, 5.41) is 21.3. The minimum Gasteiger partial charge on any atom is -0.444 e. The number of carbonyl (C=O) groups is 7. The first kappa shape index (κ1) is 83.7. The van der Waals surface area contributed by atoms with Crippen LogP contribution in [0.2, 0.25) is 0 Å². The number of rotatable bonds is 16. The molecule has 0 aliphatic rings. The standard InChI is InChI=1S/C26H37N3O5.C16H21N3.C13H24N2O5.C10H18O5.CH2Cl2/c1-17-13-19(14-18-11-9-8-10-12-18)27-15-20(17)22(30)21(29-24(32)34-26(5,6)7)16-28-23(31)33-25(2,3)4;1-12-7-14(8-15(18)10-17)11-19-16(12)9-13-5-3-2-4-6-13;1-12(2,3)19-10(17)14-7-9(8-16)15-11(18)20-13(4,5)6;1-9(2,3)14-7(11)13-8(12)15-10(4,5)6;2-1-3/h8-13,15,21-22,30H,14,16H2,1-7H3,(H,28,31)(H,29,32);2-7,11,15H,8-10,17-18H2,1H3;8-9H,7H2,1-6H3,(H,14,17)(H,15,18);1-6H3;1H2. The Balaban J connectivity index is 0.00000123. The van der Waals surface area contributed by atoms with Gasteiger partial charge < -0.3 is 75.8 Å². The second kappa shape index (κ2) is 39.8. The molecule has 0 spiro atoms. The highest BCUT2D eigenvalue weighted by Crippen LogP contribution is 2.23. The van der Waals surface area contributed by atoms with Gasteiger partial charge in [-0.05, 0) is 179 Å². The highest BCUT2D eigenvalue weighted by Gasteiger charge is 2.30. The number of aromatic nitrogens is 2. The van der Waals surface area contributed by atoms with Crippen molar-refractivity contribution >= 4 is 66.2 Å². The number of aldehydes is 1. The first-order valence-electron chi connectivity index (χ1n) is 29.5. The van der Waals surface area contributed by atoms with E-state index < -0.39 is 88.5 Å². The molecule has 0 fully saturated rings. The summed E-state index contributed by atoms with van der Waals surface area (Å²) < 4.78 is 34.4. The number of aryl methyl sites for hydroxylation is 2. The van der Waals surface area contributed by atoms with Crippen LogP contribution in [0.15, 0.2) is 85.2 Å². The number of nitrogens with zero attached hydrogens (tertiary/aromatic N) is 2. The molecule has 4 amide bonds. The highest BCUT2D eigenvalue weighted by atomic mass is 35.5. The Morgan fingerprint density at radius 2 is 0.956 bits per heavy atom. The van der Waals surface area contributed by atoms with Gasteiger partial charge in [0.1, 0.15) is 52.0 Å². The Hall–Kier alpha value is -7.31. The van der Waals surface area contributed by atoms with Crippen LogP contribution in [0.5, 0.6) is 0 Å². The first-order chi connectivity index (χ1) is 41.8. The zero-order valence-corrected chi connectivity index (χ0v) is 58.4. The van der Waals surface area contributed by atoms with Crippen molar-refractivity contribution in [2.45, 2.75) is 216 Å². The molecule has 2 aromatic carbocycles. The van der Waals surface area contributed by atoms with E-state index >= 15 is 0 Å². The molecule has 25 heteroatoms. The number of hydrogen-bond acceptors (Lipinski definition) is 19. The van der Waals surface area contributed by atoms with Gasteiger partial charge in [-0.15, -0.1) is 23.2 Å². The monoisotopic (exact) mass is 1320 g/mol. The van der Waals surface area contributed by atoms with Gasteiger partial charge in [0, 0.05) is 67.9 Å². The van der Waals surface area contributed by atoms with Gasteiger partial charge in [0.15, 0.2) is 0 Å². The van der Waals surface area contributed by atoms with Crippen molar-refractivity contribution in [3.63, 3.8) is 0 Å². The van der Waals surface area contributed by atoms with Gasteiger partial charge in [-0.3, -0.25) is 9.97 Å². The Morgan fingerprint density at radius 3 is 1.35 bits per heavy atom. The number of halogens is 2. The fourth-order valence-corrected chi connectivity index (χ4v) is 7.10. The molecule has 0 bridgehead atoms. The molecule has 0 saturated heterocycles. The molecule has 4 aromatic rings. The Labute approximate surface area is 548 Å². The molecule has 91 heavy (non-hydrogen) atoms. The fourth-order valence-electron chi connectivity index (χ4n) is 7.10. The van der Waals surface area contributed by atoms with Crippen molar-refractivity contribution in [3.05, 3.63) is 130 Å². The van der Waals surface area contributed by atoms with Crippen molar-refractivity contribution in [3.8, 4) is 0 Å². The molecule has 23 nitrogen and oxygen atoms in total. The number of hydrogen-bond donors (Lipinski definition) is 7. The third kappa shape index (κ3) is 43.9. The second-order valence-electron chi connectivity index (χ2n) is 26.6. The van der Waals surface area contributed by atoms with E-state index in [0.717, 1.165) is 40.9 Å². The summed E-state index contributed by atoms with van der Waals surface area (Å²) in [5.41, 5.74) is 15.5. The molecule has 0 saturated carbocycles. The number of carbonyl (C=O) groups excluding carboxylic acids is 7. The van der Waals surface area contributed by atoms with E-state index in [1.807, 2.05) is 55.6 Å². The summed E-state index contributed by atoms with van der Waals surface area (Å²) >= 11 is 9.53. The van der Waals surface area contributed by atoms with Gasteiger partial charge in [0.2, 0.25) is 0 Å². The Morgan fingerprint density at radius 1 is 0.549 bits per heavy atom. The molecule has 0 aliphatic heterocycles. The van der Waals surface area contributed by atoms with Gasteiger partial charge in [0.05, 0.1) is 11.4 Å². The van der Waals surface area contributed by atoms with Gasteiger partial charge in [0.25, 0.3) is 0 Å². The smallest absolute Gasteiger partial charge is 0.444 e. The van der Waals surface area contributed by atoms with Gasteiger partial charge in [-0.2, -0.15) is 0 Å². The molecular formula is C66H102Cl2N8O15. The lowest BCUT2D eigenvalue weighted by Gasteiger charge is -2.28. The van der Waals surface area contributed by atoms with Gasteiger partial charge in [-0.25, -0.2) is 28.8 Å². The number of aliphatic hydroxyl groups is 1. The predicted octanol–water partition coefficient (Wildman–Crippen LogP) is 12.1. The molecule has 2 aromatic heterocycles. The second-order valence-corrected chi connectivity index (χ2v) is 27.5. The molecule has 0 radical (unpaired) electrons. The summed E-state index contributed by atoms with van der Waals surface area (Å²) in [6, 6.07) is 22.7. The van der Waals surface area contributed by atoms with E-state index in [0.29, 0.717) is 24.8 Å². The maximum absolute atomic E-state index is 12.4. The zero-order chi connectivity index (χ0) is 70.1. The van der Waals surface area contributed by atoms with E-state index in [1.165, 1.54) is 11.1 Å². The summed E-state index contributed by atoms with van der Waals surface area (Å²) in [4.78, 5) is 89.4. The van der Waals surface area contributed by atoms with Crippen LogP contribution >= 0.6 is 23.2 Å². The molecule has 0 aliphatic carbocycles. The lowest BCUT2D eigenvalue weighted by Crippen LogP contribution is -2.49. The minimum absolute atomic E-state index is 0.0150. The molecular weight excluding hydrogens is 1220 g/mol. The van der Waals surface area contributed by atoms with Crippen LogP contribution in [-0.4, -0.2) is 135 Å². The van der Waals surface area contributed by atoms with Crippen LogP contribution in [0, 0.1) is 13.8 Å². The molecule has 4 rings (SSSR count). The van der Waals surface area contributed by atoms with E-state index in [2.05, 4.69) is 73.2 Å². The van der Waals surface area contributed by atoms with E-state index in [4.69, 9.17) is 63.1 Å². The average Bonchev–Trinajstić information content (AvgIpc) is 1.15. The maximum Gasteiger partial charge on any atom is 0.519 e. The first-order valence-corrected chi connectivity index (χ1v) is 30.6. The lowest BCUT2D eigenvalue weighted by atomic mass is 9.98. The number of ether oxygens (including phenoxy) is 7. The van der Waals surface area contributed by atoms with Crippen molar-refractivity contribution in [1.82, 2.24) is 31.2 Å². The largest absolute Gasteiger partial charge is 0.519 e. The van der Waals surface area contributed by atoms with Crippen LogP contribution in [0.3, 0.4) is 0 Å². The topological polar surface area (TPSA) is 330 Å². The van der Waals surface area contributed by atoms with Crippen molar-refractivity contribution in [2.24, 2.45) is 11.5 Å². The van der Waals surface area contributed by atoms with E-state index in [1.54, 1.807) is 131 Å². The van der Waals surface area contributed by atoms with Crippen molar-refractivity contribution < 1.29 is 71.8 Å². The average molecular weight is 1320 g/mol. The summed E-state index contributed by atoms with van der Waals surface area (Å²) in [6.45, 7) is 35.2. The SMILES string of the molecule is CC(C)(C)OC(=O)NCC(C=O)NC(=O)OC(C)(C)C.CC(C)(C)OC(=O)OC(=O)OC(C)(C)C.Cc1cc(CC(N)CN)cnc1Cc1ccccc1.Cc1cc(Cc2ccccc2)ncc1C(O)C(CNC(=O)OC(C)(C)C)NC(=O)OC(C)(C)C.ClCCl. The molecule has 510 valence electrons. The molecule has 4 unspecified atom stereocenters. The number of pyridine rings is 2. The third-order valence-electron chi connectivity index (χ3n) is 10.6. The van der Waals surface area contributed by atoms with Gasteiger partial charge >= 0.3 is 36.7 Å². The van der Waals surface area contributed by atoms with Gasteiger partial charge in [-0.1, -0.05) is 66.7 Å². The molecule has 9 N–H and O–H groups in total. The Bertz CT molecular complexity index is 2820. The van der Waals surface area contributed by atoms with Crippen LogP contribution in [0.25, 0.3) is 0 Å². The number of nitrogens with two attached hydrogens (primary N) is 2. The number of alkyl carbamates (subject to hydrolysis) is 4. The zero-order valence-electron chi connectivity index (χ0n) is 56.9. The number of aliphatic hydroxyl groups excluding tert-OH is 1. The van der Waals surface area contributed by atoms with Crippen molar-refractivity contribution in [1.29, 1.82) is 0 Å². The molecule has 4 atom stereocenters. The fraction of sp³-hybridized carbons (Fsp3) is 0.561. The summed E-state index contributed by atoms with van der Waals surface area (Å²) in [6.07, 6.45) is 0.379. The third-order valence-corrected chi connectivity index (χ3v) is 10.6. The molecule has 2 heterocycles. The lowest BCUT2D eigenvalue weighted by molar-refractivity contribution is -0.109. The predicted molar refractivity (Wildman–Crippen MR) is 353 cm³/mol. The van der Waals surface area contributed by atoms with E-state index in [-0.39, 0.29) is 24.5 Å². The van der Waals surface area contributed by atoms with Crippen LogP contribution in [0.1, 0.15) is 175 Å². The van der Waals surface area contributed by atoms with Crippen LogP contribution < -0.4 is 32.7 Å². The summed E-state index contributed by atoms with van der Waals surface area (Å²) in [7, 11) is 0. The number of amides is 4. The van der Waals surface area contributed by atoms with Crippen LogP contribution in [0.4, 0.5) is 28.8 Å². The normalized spacial score (nSPS) is 12.7. The van der Waals surface area contributed by atoms with E-state index in [9.17, 15) is 38.7 Å². The number of nitrogens with one attached hydrogen (secondary N) is 4.